The number of rotatable bonds is 3. The second kappa shape index (κ2) is 4.97. The van der Waals surface area contributed by atoms with Crippen LogP contribution >= 0.6 is 0 Å². The third-order valence-corrected chi connectivity index (χ3v) is 4.36. The Hall–Kier alpha value is -1.56. The summed E-state index contributed by atoms with van der Waals surface area (Å²) in [5.41, 5.74) is 1.35. The molecule has 18 heavy (non-hydrogen) atoms. The van der Waals surface area contributed by atoms with Crippen LogP contribution in [-0.4, -0.2) is 13.1 Å². The van der Waals surface area contributed by atoms with Crippen LogP contribution in [0, 0.1) is 22.6 Å². The minimum Gasteiger partial charge on any atom is -0.369 e. The highest BCUT2D eigenvalue weighted by Gasteiger charge is 2.35. The van der Waals surface area contributed by atoms with E-state index in [0.717, 1.165) is 32.4 Å². The summed E-state index contributed by atoms with van der Waals surface area (Å²) in [6.07, 6.45) is 3.40. The van der Waals surface area contributed by atoms with Crippen molar-refractivity contribution >= 4 is 5.69 Å². The zero-order valence-corrected chi connectivity index (χ0v) is 11.0. The Bertz CT molecular complexity index is 472. The van der Waals surface area contributed by atoms with Gasteiger partial charge in [-0.3, -0.25) is 0 Å². The van der Waals surface area contributed by atoms with Crippen molar-refractivity contribution in [2.75, 3.05) is 18.0 Å². The van der Waals surface area contributed by atoms with E-state index >= 15 is 0 Å². The first-order valence-corrected chi connectivity index (χ1v) is 6.59. The summed E-state index contributed by atoms with van der Waals surface area (Å²) in [5, 5.41) is 8.75. The van der Waals surface area contributed by atoms with Crippen LogP contribution in [-0.2, 0) is 0 Å². The molecule has 3 heteroatoms. The highest BCUT2D eigenvalue weighted by atomic mass is 19.1. The smallest absolute Gasteiger partial charge is 0.147 e. The molecule has 1 aromatic carbocycles. The Morgan fingerprint density at radius 2 is 2.11 bits per heavy atom. The van der Waals surface area contributed by atoms with Gasteiger partial charge in [0, 0.05) is 13.1 Å². The summed E-state index contributed by atoms with van der Waals surface area (Å²) < 4.78 is 14.0. The highest BCUT2D eigenvalue weighted by Crippen LogP contribution is 2.39. The lowest BCUT2D eigenvalue weighted by Crippen LogP contribution is -2.26. The third-order valence-electron chi connectivity index (χ3n) is 4.36. The molecule has 0 unspecified atom stereocenters. The Kier molecular flexibility index (Phi) is 3.56. The third kappa shape index (κ3) is 2.20. The molecule has 2 rings (SSSR count). The van der Waals surface area contributed by atoms with Gasteiger partial charge in [0.2, 0.25) is 0 Å². The van der Waals surface area contributed by atoms with Gasteiger partial charge in [-0.2, -0.15) is 5.26 Å². The molecule has 0 aromatic heterocycles. The molecule has 0 N–H and O–H groups in total. The zero-order chi connectivity index (χ0) is 13.2. The predicted octanol–water partition coefficient (Wildman–Crippen LogP) is 3.71. The zero-order valence-electron chi connectivity index (χ0n) is 11.0. The second-order valence-electron chi connectivity index (χ2n) is 5.16. The molecule has 1 aliphatic rings. The predicted molar refractivity (Wildman–Crippen MR) is 71.0 cm³/mol. The maximum atomic E-state index is 14.0. The van der Waals surface area contributed by atoms with Crippen LogP contribution in [0.1, 0.15) is 38.7 Å². The molecular weight excluding hydrogens is 227 g/mol. The Morgan fingerprint density at radius 1 is 1.39 bits per heavy atom. The number of benzene rings is 1. The van der Waals surface area contributed by atoms with Crippen LogP contribution in [0.25, 0.3) is 0 Å². The average Bonchev–Trinajstić information content (AvgIpc) is 2.83. The first-order valence-electron chi connectivity index (χ1n) is 6.59. The fourth-order valence-corrected chi connectivity index (χ4v) is 2.80. The summed E-state index contributed by atoms with van der Waals surface area (Å²) in [4.78, 5) is 2.11. The number of hydrogen-bond acceptors (Lipinski definition) is 2. The van der Waals surface area contributed by atoms with Gasteiger partial charge in [-0.05, 0) is 42.9 Å². The normalized spacial score (nSPS) is 17.8. The van der Waals surface area contributed by atoms with E-state index in [4.69, 9.17) is 5.26 Å². The van der Waals surface area contributed by atoms with Gasteiger partial charge in [0.1, 0.15) is 5.82 Å². The molecule has 1 saturated heterocycles. The van der Waals surface area contributed by atoms with E-state index in [-0.39, 0.29) is 5.82 Å². The monoisotopic (exact) mass is 246 g/mol. The maximum Gasteiger partial charge on any atom is 0.147 e. The molecule has 0 bridgehead atoms. The molecule has 1 aromatic rings. The van der Waals surface area contributed by atoms with E-state index in [0.29, 0.717) is 16.7 Å². The van der Waals surface area contributed by atoms with Gasteiger partial charge in [-0.1, -0.05) is 13.8 Å². The molecule has 0 radical (unpaired) electrons. The van der Waals surface area contributed by atoms with Crippen molar-refractivity contribution in [1.29, 1.82) is 5.26 Å². The van der Waals surface area contributed by atoms with E-state index in [1.54, 1.807) is 12.1 Å². The maximum absolute atomic E-state index is 14.0. The van der Waals surface area contributed by atoms with Crippen LogP contribution in [0.15, 0.2) is 18.2 Å². The van der Waals surface area contributed by atoms with Crippen molar-refractivity contribution in [1.82, 2.24) is 0 Å². The Morgan fingerprint density at radius 3 is 2.61 bits per heavy atom. The van der Waals surface area contributed by atoms with Crippen molar-refractivity contribution in [2.24, 2.45) is 5.41 Å². The molecule has 0 spiro atoms. The molecule has 1 aliphatic heterocycles. The molecular formula is C15H19FN2. The van der Waals surface area contributed by atoms with Gasteiger partial charge in [-0.15, -0.1) is 0 Å². The molecule has 2 nitrogen and oxygen atoms in total. The van der Waals surface area contributed by atoms with E-state index in [1.807, 2.05) is 6.07 Å². The Labute approximate surface area is 108 Å². The lowest BCUT2D eigenvalue weighted by atomic mass is 9.82. The van der Waals surface area contributed by atoms with Crippen LogP contribution in [0.5, 0.6) is 0 Å². The standard InChI is InChI=1S/C15H19FN2/c1-3-15(4-2)7-8-18(11-15)14-6-5-12(10-17)9-13(14)16/h5-6,9H,3-4,7-8,11H2,1-2H3. The molecule has 0 saturated carbocycles. The average molecular weight is 246 g/mol. The summed E-state index contributed by atoms with van der Waals surface area (Å²) in [7, 11) is 0. The van der Waals surface area contributed by atoms with Gasteiger partial charge >= 0.3 is 0 Å². The lowest BCUT2D eigenvalue weighted by molar-refractivity contribution is 0.301. The number of nitriles is 1. The van der Waals surface area contributed by atoms with E-state index in [1.165, 1.54) is 6.07 Å². The SMILES string of the molecule is CCC1(CC)CCN(c2ccc(C#N)cc2F)C1. The van der Waals surface area contributed by atoms with Gasteiger partial charge < -0.3 is 4.90 Å². The van der Waals surface area contributed by atoms with Crippen LogP contribution in [0.4, 0.5) is 10.1 Å². The van der Waals surface area contributed by atoms with E-state index in [9.17, 15) is 4.39 Å². The fraction of sp³-hybridized carbons (Fsp3) is 0.533. The number of halogens is 1. The summed E-state index contributed by atoms with van der Waals surface area (Å²) >= 11 is 0. The largest absolute Gasteiger partial charge is 0.369 e. The van der Waals surface area contributed by atoms with Crippen LogP contribution < -0.4 is 4.90 Å². The molecule has 0 amide bonds. The van der Waals surface area contributed by atoms with Crippen molar-refractivity contribution in [3.05, 3.63) is 29.6 Å². The topological polar surface area (TPSA) is 27.0 Å². The molecule has 96 valence electrons. The first kappa shape index (κ1) is 12.9. The molecule has 1 fully saturated rings. The van der Waals surface area contributed by atoms with Gasteiger partial charge in [0.25, 0.3) is 0 Å². The minimum atomic E-state index is -0.281. The van der Waals surface area contributed by atoms with Crippen molar-refractivity contribution in [3.63, 3.8) is 0 Å². The molecule has 0 atom stereocenters. The van der Waals surface area contributed by atoms with Crippen LogP contribution in [0.3, 0.4) is 0 Å². The Balaban J connectivity index is 2.22. The van der Waals surface area contributed by atoms with Crippen molar-refractivity contribution in [3.8, 4) is 6.07 Å². The fourth-order valence-electron chi connectivity index (χ4n) is 2.80. The molecule has 0 aliphatic carbocycles. The van der Waals surface area contributed by atoms with Gasteiger partial charge in [-0.25, -0.2) is 4.39 Å². The highest BCUT2D eigenvalue weighted by molar-refractivity contribution is 5.52. The van der Waals surface area contributed by atoms with E-state index in [2.05, 4.69) is 18.7 Å². The lowest BCUT2D eigenvalue weighted by Gasteiger charge is -2.27. The minimum absolute atomic E-state index is 0.281. The van der Waals surface area contributed by atoms with E-state index < -0.39 is 0 Å². The van der Waals surface area contributed by atoms with Crippen molar-refractivity contribution < 1.29 is 4.39 Å². The first-order chi connectivity index (χ1) is 8.64. The van der Waals surface area contributed by atoms with Crippen LogP contribution in [0.2, 0.25) is 0 Å². The second-order valence-corrected chi connectivity index (χ2v) is 5.16. The molecule has 1 heterocycles. The summed E-state index contributed by atoms with van der Waals surface area (Å²) in [6.45, 7) is 6.25. The number of anilines is 1. The summed E-state index contributed by atoms with van der Waals surface area (Å²) in [6, 6.07) is 6.71. The quantitative estimate of drug-likeness (QED) is 0.812. The van der Waals surface area contributed by atoms with Gasteiger partial charge in [0.15, 0.2) is 0 Å². The van der Waals surface area contributed by atoms with Crippen molar-refractivity contribution in [2.45, 2.75) is 33.1 Å². The summed E-state index contributed by atoms with van der Waals surface area (Å²) in [5.74, 6) is -0.281. The number of nitrogens with zero attached hydrogens (tertiary/aromatic N) is 2. The van der Waals surface area contributed by atoms with Gasteiger partial charge in [0.05, 0.1) is 17.3 Å². The number of hydrogen-bond donors (Lipinski definition) is 0.